The first kappa shape index (κ1) is 16.9. The van der Waals surface area contributed by atoms with Gasteiger partial charge in [0.15, 0.2) is 11.5 Å². The maximum Gasteiger partial charge on any atom is 0.336 e. The zero-order chi connectivity index (χ0) is 17.8. The molecule has 0 saturated carbocycles. The number of fused-ring (bicyclic) bond motifs is 1. The Labute approximate surface area is 146 Å². The summed E-state index contributed by atoms with van der Waals surface area (Å²) in [7, 11) is 0. The van der Waals surface area contributed by atoms with Crippen molar-refractivity contribution in [3.05, 3.63) is 53.6 Å². The van der Waals surface area contributed by atoms with Gasteiger partial charge in [-0.1, -0.05) is 18.2 Å². The summed E-state index contributed by atoms with van der Waals surface area (Å²) in [6, 6.07) is 12.5. The third kappa shape index (κ3) is 4.12. The highest BCUT2D eigenvalue weighted by atomic mass is 16.6. The van der Waals surface area contributed by atoms with Crippen LogP contribution in [0.4, 0.5) is 0 Å². The van der Waals surface area contributed by atoms with E-state index < -0.39 is 5.97 Å². The van der Waals surface area contributed by atoms with Gasteiger partial charge in [0, 0.05) is 0 Å². The molecule has 0 bridgehead atoms. The van der Waals surface area contributed by atoms with E-state index in [1.165, 1.54) is 0 Å². The molecule has 0 aliphatic carbocycles. The van der Waals surface area contributed by atoms with Crippen LogP contribution in [0.2, 0.25) is 0 Å². The van der Waals surface area contributed by atoms with Crippen molar-refractivity contribution in [1.29, 1.82) is 0 Å². The zero-order valence-electron chi connectivity index (χ0n) is 14.2. The van der Waals surface area contributed by atoms with Crippen LogP contribution >= 0.6 is 0 Å². The smallest absolute Gasteiger partial charge is 0.336 e. The molecule has 1 N–H and O–H groups in total. The van der Waals surface area contributed by atoms with E-state index in [1.54, 1.807) is 24.3 Å². The fourth-order valence-electron chi connectivity index (χ4n) is 2.56. The molecule has 0 spiro atoms. The average Bonchev–Trinajstić information content (AvgIpc) is 2.60. The number of carboxylic acid groups (broad SMARTS) is 1. The van der Waals surface area contributed by atoms with Crippen LogP contribution in [0.3, 0.4) is 0 Å². The molecule has 0 aromatic heterocycles. The lowest BCUT2D eigenvalue weighted by molar-refractivity contribution is -0.130. The largest absolute Gasteiger partial charge is 0.491 e. The number of ether oxygens (including phenoxy) is 3. The molecule has 1 heterocycles. The van der Waals surface area contributed by atoms with Gasteiger partial charge in [0.2, 0.25) is 0 Å². The van der Waals surface area contributed by atoms with Gasteiger partial charge in [-0.15, -0.1) is 0 Å². The Morgan fingerprint density at radius 3 is 2.40 bits per heavy atom. The summed E-state index contributed by atoms with van der Waals surface area (Å²) in [6.07, 6.45) is 1.72. The van der Waals surface area contributed by atoms with Crippen LogP contribution in [0.5, 0.6) is 17.2 Å². The fourth-order valence-corrected chi connectivity index (χ4v) is 2.56. The number of carboxylic acids is 1. The Hall–Kier alpha value is -2.95. The number of benzene rings is 2. The summed E-state index contributed by atoms with van der Waals surface area (Å²) < 4.78 is 16.6. The van der Waals surface area contributed by atoms with Crippen molar-refractivity contribution in [1.82, 2.24) is 0 Å². The van der Waals surface area contributed by atoms with Crippen molar-refractivity contribution in [3.8, 4) is 17.2 Å². The van der Waals surface area contributed by atoms with E-state index in [0.29, 0.717) is 30.3 Å². The molecule has 1 aliphatic heterocycles. The van der Waals surface area contributed by atoms with Gasteiger partial charge in [0.1, 0.15) is 19.0 Å². The molecule has 0 saturated heterocycles. The van der Waals surface area contributed by atoms with E-state index in [9.17, 15) is 9.90 Å². The zero-order valence-corrected chi connectivity index (χ0v) is 14.2. The van der Waals surface area contributed by atoms with E-state index in [4.69, 9.17) is 14.2 Å². The van der Waals surface area contributed by atoms with Crippen LogP contribution in [-0.4, -0.2) is 30.4 Å². The normalized spacial score (nSPS) is 13.6. The maximum atomic E-state index is 11.7. The van der Waals surface area contributed by atoms with Crippen LogP contribution in [0, 0.1) is 0 Å². The molecule has 2 aromatic rings. The molecule has 0 unspecified atom stereocenters. The van der Waals surface area contributed by atoms with Crippen LogP contribution in [0.1, 0.15) is 25.0 Å². The molecule has 2 aromatic carbocycles. The van der Waals surface area contributed by atoms with E-state index in [-0.39, 0.29) is 11.7 Å². The Morgan fingerprint density at radius 1 is 1.08 bits per heavy atom. The number of hydrogen-bond donors (Lipinski definition) is 1. The second kappa shape index (κ2) is 7.30. The lowest BCUT2D eigenvalue weighted by Gasteiger charge is -2.19. The van der Waals surface area contributed by atoms with Gasteiger partial charge in [-0.2, -0.15) is 0 Å². The molecule has 1 aliphatic rings. The summed E-state index contributed by atoms with van der Waals surface area (Å²) in [5.74, 6) is 0.953. The quantitative estimate of drug-likeness (QED) is 0.661. The van der Waals surface area contributed by atoms with Gasteiger partial charge in [-0.3, -0.25) is 0 Å². The summed E-state index contributed by atoms with van der Waals surface area (Å²) in [5.41, 5.74) is 1.54. The minimum atomic E-state index is -1.00. The van der Waals surface area contributed by atoms with Crippen molar-refractivity contribution in [2.24, 2.45) is 0 Å². The topological polar surface area (TPSA) is 65.0 Å². The SMILES string of the molecule is CC(C)Oc1ccc(/C=C(\C(=O)O)c2ccc3c(c2)OCCO3)cc1. The summed E-state index contributed by atoms with van der Waals surface area (Å²) in [4.78, 5) is 11.7. The second-order valence-corrected chi connectivity index (χ2v) is 5.96. The number of rotatable bonds is 5. The van der Waals surface area contributed by atoms with E-state index in [0.717, 1.165) is 11.3 Å². The van der Waals surface area contributed by atoms with Gasteiger partial charge in [-0.25, -0.2) is 4.79 Å². The first-order chi connectivity index (χ1) is 12.0. The monoisotopic (exact) mass is 340 g/mol. The van der Waals surface area contributed by atoms with Crippen molar-refractivity contribution in [2.75, 3.05) is 13.2 Å². The van der Waals surface area contributed by atoms with E-state index in [1.807, 2.05) is 38.1 Å². The fraction of sp³-hybridized carbons (Fsp3) is 0.250. The molecule has 25 heavy (non-hydrogen) atoms. The molecule has 0 amide bonds. The third-order valence-electron chi connectivity index (χ3n) is 3.65. The molecular weight excluding hydrogens is 320 g/mol. The number of hydrogen-bond acceptors (Lipinski definition) is 4. The van der Waals surface area contributed by atoms with Crippen LogP contribution in [0.25, 0.3) is 11.6 Å². The van der Waals surface area contributed by atoms with Gasteiger partial charge in [-0.05, 0) is 55.3 Å². The molecule has 130 valence electrons. The predicted octanol–water partition coefficient (Wildman–Crippen LogP) is 3.87. The van der Waals surface area contributed by atoms with Crippen molar-refractivity contribution in [3.63, 3.8) is 0 Å². The molecule has 5 nitrogen and oxygen atoms in total. The van der Waals surface area contributed by atoms with Crippen molar-refractivity contribution in [2.45, 2.75) is 20.0 Å². The van der Waals surface area contributed by atoms with Crippen molar-refractivity contribution >= 4 is 17.6 Å². The van der Waals surface area contributed by atoms with Crippen LogP contribution in [-0.2, 0) is 4.79 Å². The predicted molar refractivity (Wildman–Crippen MR) is 95.1 cm³/mol. The molecule has 0 radical (unpaired) electrons. The molecular formula is C20H20O5. The van der Waals surface area contributed by atoms with E-state index >= 15 is 0 Å². The lowest BCUT2D eigenvalue weighted by atomic mass is 10.0. The van der Waals surface area contributed by atoms with E-state index in [2.05, 4.69) is 0 Å². The Bertz CT molecular complexity index is 790. The highest BCUT2D eigenvalue weighted by Crippen LogP contribution is 2.33. The van der Waals surface area contributed by atoms with Crippen molar-refractivity contribution < 1.29 is 24.1 Å². The summed E-state index contributed by atoms with van der Waals surface area (Å²) in [6.45, 7) is 4.87. The van der Waals surface area contributed by atoms with Gasteiger partial charge >= 0.3 is 5.97 Å². The molecule has 3 rings (SSSR count). The Morgan fingerprint density at radius 2 is 1.76 bits per heavy atom. The second-order valence-electron chi connectivity index (χ2n) is 5.96. The average molecular weight is 340 g/mol. The lowest BCUT2D eigenvalue weighted by Crippen LogP contribution is -2.15. The standard InChI is InChI=1S/C20H20O5/c1-13(2)25-16-6-3-14(4-7-16)11-17(20(21)22)15-5-8-18-19(12-15)24-10-9-23-18/h3-8,11-13H,9-10H2,1-2H3,(H,21,22)/b17-11-. The Kier molecular flexibility index (Phi) is 4.93. The third-order valence-corrected chi connectivity index (χ3v) is 3.65. The summed E-state index contributed by atoms with van der Waals surface area (Å²) >= 11 is 0. The number of carbonyl (C=O) groups is 1. The number of aliphatic carboxylic acids is 1. The highest BCUT2D eigenvalue weighted by Gasteiger charge is 2.16. The van der Waals surface area contributed by atoms with Gasteiger partial charge in [0.05, 0.1) is 11.7 Å². The first-order valence-corrected chi connectivity index (χ1v) is 8.14. The van der Waals surface area contributed by atoms with Crippen LogP contribution < -0.4 is 14.2 Å². The molecule has 0 atom stereocenters. The maximum absolute atomic E-state index is 11.7. The first-order valence-electron chi connectivity index (χ1n) is 8.14. The highest BCUT2D eigenvalue weighted by molar-refractivity contribution is 6.20. The minimum Gasteiger partial charge on any atom is -0.491 e. The Balaban J connectivity index is 1.90. The summed E-state index contributed by atoms with van der Waals surface area (Å²) in [5, 5.41) is 9.60. The molecule has 0 fully saturated rings. The molecule has 5 heteroatoms. The van der Waals surface area contributed by atoms with Crippen LogP contribution in [0.15, 0.2) is 42.5 Å². The minimum absolute atomic E-state index is 0.0914. The van der Waals surface area contributed by atoms with Gasteiger partial charge in [0.25, 0.3) is 0 Å². The van der Waals surface area contributed by atoms with Gasteiger partial charge < -0.3 is 19.3 Å².